The Morgan fingerprint density at radius 2 is 1.94 bits per heavy atom. The third kappa shape index (κ3) is 2.64. The maximum absolute atomic E-state index is 13.6. The Balaban J connectivity index is 2.19. The van der Waals surface area contributed by atoms with Crippen molar-refractivity contribution in [1.82, 2.24) is 4.98 Å². The van der Waals surface area contributed by atoms with E-state index in [1.54, 1.807) is 19.2 Å². The summed E-state index contributed by atoms with van der Waals surface area (Å²) in [6.45, 7) is 3.66. The van der Waals surface area contributed by atoms with E-state index in [9.17, 15) is 8.78 Å². The molecule has 0 saturated heterocycles. The van der Waals surface area contributed by atoms with Gasteiger partial charge in [-0.05, 0) is 32.0 Å². The summed E-state index contributed by atoms with van der Waals surface area (Å²) in [4.78, 5) is 4.14. The van der Waals surface area contributed by atoms with Crippen LogP contribution >= 0.6 is 0 Å². The smallest absolute Gasteiger partial charge is 0.164 e. The summed E-state index contributed by atoms with van der Waals surface area (Å²) in [6.07, 6.45) is 1.67. The fourth-order valence-corrected chi connectivity index (χ4v) is 1.74. The van der Waals surface area contributed by atoms with Crippen LogP contribution in [0, 0.1) is 18.6 Å². The van der Waals surface area contributed by atoms with E-state index in [0.717, 1.165) is 17.4 Å². The predicted molar refractivity (Wildman–Crippen MR) is 67.4 cm³/mol. The van der Waals surface area contributed by atoms with E-state index in [1.807, 2.05) is 19.1 Å². The van der Waals surface area contributed by atoms with Crippen LogP contribution in [0.25, 0.3) is 0 Å². The van der Waals surface area contributed by atoms with E-state index in [2.05, 4.69) is 10.3 Å². The van der Waals surface area contributed by atoms with E-state index in [-0.39, 0.29) is 6.04 Å². The Hall–Kier alpha value is -1.97. The van der Waals surface area contributed by atoms with Gasteiger partial charge in [-0.25, -0.2) is 8.78 Å². The fourth-order valence-electron chi connectivity index (χ4n) is 1.74. The van der Waals surface area contributed by atoms with Gasteiger partial charge in [-0.3, -0.25) is 4.98 Å². The molecule has 0 aliphatic rings. The molecule has 0 bridgehead atoms. The molecule has 1 N–H and O–H groups in total. The predicted octanol–water partition coefficient (Wildman–Crippen LogP) is 3.84. The van der Waals surface area contributed by atoms with E-state index in [4.69, 9.17) is 0 Å². The normalized spacial score (nSPS) is 12.2. The van der Waals surface area contributed by atoms with E-state index in [1.165, 1.54) is 6.07 Å². The van der Waals surface area contributed by atoms with Gasteiger partial charge in [0.1, 0.15) is 0 Å². The molecule has 0 aliphatic heterocycles. The maximum Gasteiger partial charge on any atom is 0.164 e. The van der Waals surface area contributed by atoms with Gasteiger partial charge >= 0.3 is 0 Å². The zero-order chi connectivity index (χ0) is 13.1. The van der Waals surface area contributed by atoms with Crippen molar-refractivity contribution >= 4 is 5.69 Å². The molecule has 1 aromatic carbocycles. The summed E-state index contributed by atoms with van der Waals surface area (Å²) in [7, 11) is 0. The highest BCUT2D eigenvalue weighted by atomic mass is 19.2. The Labute approximate surface area is 105 Å². The van der Waals surface area contributed by atoms with Gasteiger partial charge in [-0.2, -0.15) is 0 Å². The number of nitrogens with zero attached hydrogens (tertiary/aromatic N) is 1. The molecule has 0 saturated carbocycles. The van der Waals surface area contributed by atoms with Gasteiger partial charge in [-0.1, -0.05) is 12.1 Å². The number of hydrogen-bond donors (Lipinski definition) is 1. The second kappa shape index (κ2) is 5.12. The average molecular weight is 248 g/mol. The van der Waals surface area contributed by atoms with Crippen LogP contribution in [-0.2, 0) is 0 Å². The first-order valence-corrected chi connectivity index (χ1v) is 5.71. The van der Waals surface area contributed by atoms with Crippen molar-refractivity contribution in [1.29, 1.82) is 0 Å². The highest BCUT2D eigenvalue weighted by Gasteiger charge is 2.13. The lowest BCUT2D eigenvalue weighted by Crippen LogP contribution is -2.09. The quantitative estimate of drug-likeness (QED) is 0.892. The lowest BCUT2D eigenvalue weighted by Gasteiger charge is -2.16. The van der Waals surface area contributed by atoms with E-state index in [0.29, 0.717) is 5.56 Å². The second-order valence-corrected chi connectivity index (χ2v) is 4.20. The average Bonchev–Trinajstić information content (AvgIpc) is 2.35. The van der Waals surface area contributed by atoms with Crippen LogP contribution in [0.5, 0.6) is 0 Å². The molecule has 2 nitrogen and oxygen atoms in total. The standard InChI is InChI=1S/C14H14F2N2/c1-9-6-7-11(8-17-9)18-10(2)12-4-3-5-13(15)14(12)16/h3-8,10,18H,1-2H3. The highest BCUT2D eigenvalue weighted by Crippen LogP contribution is 2.22. The number of halogens is 2. The molecule has 18 heavy (non-hydrogen) atoms. The molecule has 1 unspecified atom stereocenters. The lowest BCUT2D eigenvalue weighted by atomic mass is 10.1. The molecule has 1 heterocycles. The molecular weight excluding hydrogens is 234 g/mol. The molecule has 4 heteroatoms. The number of aryl methyl sites for hydroxylation is 1. The minimum atomic E-state index is -0.830. The molecule has 0 amide bonds. The summed E-state index contributed by atoms with van der Waals surface area (Å²) in [5.74, 6) is -1.64. The molecule has 0 spiro atoms. The Bertz CT molecular complexity index is 538. The minimum Gasteiger partial charge on any atom is -0.377 e. The molecule has 94 valence electrons. The zero-order valence-corrected chi connectivity index (χ0v) is 10.2. The first-order valence-electron chi connectivity index (χ1n) is 5.71. The third-order valence-corrected chi connectivity index (χ3v) is 2.74. The summed E-state index contributed by atoms with van der Waals surface area (Å²) in [5, 5.41) is 3.08. The third-order valence-electron chi connectivity index (χ3n) is 2.74. The number of aromatic nitrogens is 1. The van der Waals surface area contributed by atoms with Crippen molar-refractivity contribution in [2.75, 3.05) is 5.32 Å². The molecule has 0 fully saturated rings. The highest BCUT2D eigenvalue weighted by molar-refractivity contribution is 5.43. The van der Waals surface area contributed by atoms with Crippen molar-refractivity contribution in [3.63, 3.8) is 0 Å². The molecule has 0 aliphatic carbocycles. The summed E-state index contributed by atoms with van der Waals surface area (Å²) in [6, 6.07) is 7.56. The number of benzene rings is 1. The number of anilines is 1. The van der Waals surface area contributed by atoms with Crippen molar-refractivity contribution in [3.05, 3.63) is 59.4 Å². The van der Waals surface area contributed by atoms with Crippen LogP contribution in [0.2, 0.25) is 0 Å². The van der Waals surface area contributed by atoms with Gasteiger partial charge in [-0.15, -0.1) is 0 Å². The van der Waals surface area contributed by atoms with Gasteiger partial charge in [0.25, 0.3) is 0 Å². The summed E-state index contributed by atoms with van der Waals surface area (Å²) in [5.41, 5.74) is 1.98. The number of pyridine rings is 1. The first-order chi connectivity index (χ1) is 8.58. The zero-order valence-electron chi connectivity index (χ0n) is 10.2. The largest absolute Gasteiger partial charge is 0.377 e. The van der Waals surface area contributed by atoms with Crippen LogP contribution in [0.3, 0.4) is 0 Å². The molecule has 1 aromatic heterocycles. The Morgan fingerprint density at radius 3 is 2.61 bits per heavy atom. The number of nitrogens with one attached hydrogen (secondary N) is 1. The van der Waals surface area contributed by atoms with Crippen LogP contribution in [-0.4, -0.2) is 4.98 Å². The Morgan fingerprint density at radius 1 is 1.17 bits per heavy atom. The molecular formula is C14H14F2N2. The fraction of sp³-hybridized carbons (Fsp3) is 0.214. The monoisotopic (exact) mass is 248 g/mol. The van der Waals surface area contributed by atoms with E-state index < -0.39 is 11.6 Å². The molecule has 0 radical (unpaired) electrons. The molecule has 2 rings (SSSR count). The van der Waals surface area contributed by atoms with Crippen molar-refractivity contribution in [2.45, 2.75) is 19.9 Å². The number of rotatable bonds is 3. The first kappa shape index (κ1) is 12.5. The van der Waals surface area contributed by atoms with Gasteiger partial charge in [0.2, 0.25) is 0 Å². The second-order valence-electron chi connectivity index (χ2n) is 4.20. The number of hydrogen-bond acceptors (Lipinski definition) is 2. The van der Waals surface area contributed by atoms with Crippen molar-refractivity contribution < 1.29 is 8.78 Å². The molecule has 1 atom stereocenters. The topological polar surface area (TPSA) is 24.9 Å². The van der Waals surface area contributed by atoms with E-state index >= 15 is 0 Å². The lowest BCUT2D eigenvalue weighted by molar-refractivity contribution is 0.494. The van der Waals surface area contributed by atoms with Gasteiger partial charge < -0.3 is 5.32 Å². The molecule has 2 aromatic rings. The SMILES string of the molecule is Cc1ccc(NC(C)c2cccc(F)c2F)cn1. The maximum atomic E-state index is 13.6. The Kier molecular flexibility index (Phi) is 3.55. The van der Waals surface area contributed by atoms with Crippen LogP contribution in [0.4, 0.5) is 14.5 Å². The van der Waals surface area contributed by atoms with Crippen molar-refractivity contribution in [2.24, 2.45) is 0 Å². The van der Waals surface area contributed by atoms with Gasteiger partial charge in [0.05, 0.1) is 17.9 Å². The van der Waals surface area contributed by atoms with Gasteiger partial charge in [0, 0.05) is 11.3 Å². The summed E-state index contributed by atoms with van der Waals surface area (Å²) >= 11 is 0. The van der Waals surface area contributed by atoms with Crippen LogP contribution < -0.4 is 5.32 Å². The van der Waals surface area contributed by atoms with Crippen molar-refractivity contribution in [3.8, 4) is 0 Å². The minimum absolute atomic E-state index is 0.301. The van der Waals surface area contributed by atoms with Gasteiger partial charge in [0.15, 0.2) is 11.6 Å². The van der Waals surface area contributed by atoms with Crippen LogP contribution in [0.1, 0.15) is 24.2 Å². The van der Waals surface area contributed by atoms with Crippen LogP contribution in [0.15, 0.2) is 36.5 Å². The summed E-state index contributed by atoms with van der Waals surface area (Å²) < 4.78 is 26.7.